The monoisotopic (exact) mass is 255 g/mol. The van der Waals surface area contributed by atoms with Crippen LogP contribution >= 0.6 is 0 Å². The molecule has 3 atom stereocenters. The molecule has 4 rings (SSSR count). The molecule has 0 spiro atoms. The molecular weight excluding hydrogens is 234 g/mol. The average Bonchev–Trinajstić information content (AvgIpc) is 3.10. The lowest BCUT2D eigenvalue weighted by molar-refractivity contribution is 0.221. The third-order valence-corrected chi connectivity index (χ3v) is 5.49. The Morgan fingerprint density at radius 3 is 3.00 bits per heavy atom. The Morgan fingerprint density at radius 2 is 2.16 bits per heavy atom. The molecule has 1 fully saturated rings. The quantitative estimate of drug-likeness (QED) is 0.754. The summed E-state index contributed by atoms with van der Waals surface area (Å²) in [5.74, 6) is 2.56. The zero-order valence-corrected chi connectivity index (χ0v) is 11.6. The Labute approximate surface area is 114 Å². The first-order valence-electron chi connectivity index (χ1n) is 7.56. The van der Waals surface area contributed by atoms with E-state index in [0.29, 0.717) is 0 Å². The fourth-order valence-corrected chi connectivity index (χ4v) is 4.65. The number of hydrogen-bond donors (Lipinski definition) is 0. The smallest absolute Gasteiger partial charge is 0.194 e. The fraction of sp³-hybridized carbons (Fsp3) is 0.588. The summed E-state index contributed by atoms with van der Waals surface area (Å²) in [6.45, 7) is 3.98. The summed E-state index contributed by atoms with van der Waals surface area (Å²) in [6.07, 6.45) is 5.33. The van der Waals surface area contributed by atoms with E-state index in [1.54, 1.807) is 0 Å². The van der Waals surface area contributed by atoms with Crippen molar-refractivity contribution < 1.29 is 4.74 Å². The van der Waals surface area contributed by atoms with E-state index in [0.717, 1.165) is 30.9 Å². The van der Waals surface area contributed by atoms with Crippen molar-refractivity contribution in [3.05, 3.63) is 35.4 Å². The zero-order valence-electron chi connectivity index (χ0n) is 11.6. The summed E-state index contributed by atoms with van der Waals surface area (Å²) in [7, 11) is 0. The van der Waals surface area contributed by atoms with Crippen LogP contribution in [0.1, 0.15) is 37.3 Å². The van der Waals surface area contributed by atoms with E-state index in [2.05, 4.69) is 36.2 Å². The van der Waals surface area contributed by atoms with E-state index in [-0.39, 0.29) is 5.41 Å². The molecular formula is C17H21NO. The highest BCUT2D eigenvalue weighted by Crippen LogP contribution is 2.52. The van der Waals surface area contributed by atoms with Crippen molar-refractivity contribution >= 4 is 5.90 Å². The van der Waals surface area contributed by atoms with Crippen LogP contribution in [-0.4, -0.2) is 19.0 Å². The number of aliphatic imine (C=N–C) groups is 1. The van der Waals surface area contributed by atoms with Crippen LogP contribution in [0.2, 0.25) is 0 Å². The van der Waals surface area contributed by atoms with Gasteiger partial charge in [0.2, 0.25) is 0 Å². The minimum absolute atomic E-state index is 0.0203. The van der Waals surface area contributed by atoms with E-state index in [1.807, 2.05) is 0 Å². The highest BCUT2D eigenvalue weighted by molar-refractivity contribution is 5.90. The molecule has 0 amide bonds. The summed E-state index contributed by atoms with van der Waals surface area (Å²) >= 11 is 0. The molecule has 100 valence electrons. The lowest BCUT2D eigenvalue weighted by atomic mass is 9.61. The average molecular weight is 255 g/mol. The van der Waals surface area contributed by atoms with Crippen LogP contribution < -0.4 is 0 Å². The van der Waals surface area contributed by atoms with Crippen LogP contribution in [0.5, 0.6) is 0 Å². The molecule has 1 aliphatic heterocycles. The van der Waals surface area contributed by atoms with Gasteiger partial charge in [0.05, 0.1) is 12.0 Å². The largest absolute Gasteiger partial charge is 0.478 e. The summed E-state index contributed by atoms with van der Waals surface area (Å²) in [5, 5.41) is 0. The third-order valence-electron chi connectivity index (χ3n) is 5.49. The molecule has 0 saturated heterocycles. The predicted octanol–water partition coefficient (Wildman–Crippen LogP) is 3.35. The van der Waals surface area contributed by atoms with Crippen LogP contribution in [0.4, 0.5) is 0 Å². The lowest BCUT2D eigenvalue weighted by Gasteiger charge is -2.44. The predicted molar refractivity (Wildman–Crippen MR) is 76.6 cm³/mol. The first kappa shape index (κ1) is 11.5. The molecule has 0 bridgehead atoms. The minimum atomic E-state index is 0.0203. The van der Waals surface area contributed by atoms with Crippen molar-refractivity contribution in [2.75, 3.05) is 13.2 Å². The number of benzene rings is 1. The van der Waals surface area contributed by atoms with Gasteiger partial charge in [-0.15, -0.1) is 0 Å². The molecule has 2 heteroatoms. The van der Waals surface area contributed by atoms with Gasteiger partial charge in [-0.25, -0.2) is 0 Å². The van der Waals surface area contributed by atoms with E-state index in [1.165, 1.54) is 36.8 Å². The molecule has 1 heterocycles. The molecule has 1 aromatic carbocycles. The Balaban J connectivity index is 1.90. The number of fused-ring (bicyclic) bond motifs is 2. The molecule has 1 saturated carbocycles. The molecule has 0 unspecified atom stereocenters. The first-order chi connectivity index (χ1) is 9.30. The van der Waals surface area contributed by atoms with Gasteiger partial charge in [0, 0.05) is 0 Å². The van der Waals surface area contributed by atoms with E-state index >= 15 is 0 Å². The number of rotatable bonds is 1. The lowest BCUT2D eigenvalue weighted by Crippen LogP contribution is -2.46. The van der Waals surface area contributed by atoms with Gasteiger partial charge in [-0.05, 0) is 49.1 Å². The molecule has 19 heavy (non-hydrogen) atoms. The molecule has 0 aromatic heterocycles. The van der Waals surface area contributed by atoms with Crippen molar-refractivity contribution in [1.82, 2.24) is 0 Å². The fourth-order valence-electron chi connectivity index (χ4n) is 4.65. The molecule has 2 aliphatic carbocycles. The highest BCUT2D eigenvalue weighted by atomic mass is 16.5. The van der Waals surface area contributed by atoms with E-state index in [9.17, 15) is 0 Å². The maximum atomic E-state index is 5.91. The van der Waals surface area contributed by atoms with E-state index < -0.39 is 0 Å². The van der Waals surface area contributed by atoms with Gasteiger partial charge in [0.1, 0.15) is 6.61 Å². The molecule has 1 aromatic rings. The van der Waals surface area contributed by atoms with Gasteiger partial charge in [-0.3, -0.25) is 4.99 Å². The van der Waals surface area contributed by atoms with Crippen molar-refractivity contribution in [3.63, 3.8) is 0 Å². The standard InChI is InChI=1S/C17H21NO/c1-17(16-18-9-10-19-16)14-7-3-2-5-12(14)11-13-6-4-8-15(13)17/h2-3,5,7,13,15H,4,6,8-11H2,1H3/t13-,15-,17+/m0/s1. The summed E-state index contributed by atoms with van der Waals surface area (Å²) in [4.78, 5) is 4.68. The van der Waals surface area contributed by atoms with Crippen molar-refractivity contribution in [2.24, 2.45) is 16.8 Å². The van der Waals surface area contributed by atoms with Gasteiger partial charge in [-0.2, -0.15) is 0 Å². The molecule has 0 N–H and O–H groups in total. The second kappa shape index (κ2) is 4.09. The van der Waals surface area contributed by atoms with Crippen molar-refractivity contribution in [2.45, 2.75) is 38.0 Å². The first-order valence-corrected chi connectivity index (χ1v) is 7.56. The van der Waals surface area contributed by atoms with Gasteiger partial charge in [0.25, 0.3) is 0 Å². The second-order valence-corrected chi connectivity index (χ2v) is 6.40. The Morgan fingerprint density at radius 1 is 1.26 bits per heavy atom. The second-order valence-electron chi connectivity index (χ2n) is 6.40. The maximum absolute atomic E-state index is 5.91. The van der Waals surface area contributed by atoms with Crippen molar-refractivity contribution in [1.29, 1.82) is 0 Å². The Bertz CT molecular complexity index is 536. The summed E-state index contributed by atoms with van der Waals surface area (Å²) in [5.41, 5.74) is 3.01. The van der Waals surface area contributed by atoms with E-state index in [4.69, 9.17) is 4.74 Å². The van der Waals surface area contributed by atoms with Crippen LogP contribution in [0.25, 0.3) is 0 Å². The topological polar surface area (TPSA) is 21.6 Å². The minimum Gasteiger partial charge on any atom is -0.478 e. The van der Waals surface area contributed by atoms with Gasteiger partial charge in [0.15, 0.2) is 5.90 Å². The normalized spacial score (nSPS) is 36.4. The third kappa shape index (κ3) is 1.52. The van der Waals surface area contributed by atoms with Gasteiger partial charge >= 0.3 is 0 Å². The number of nitrogens with zero attached hydrogens (tertiary/aromatic N) is 1. The Kier molecular flexibility index (Phi) is 2.48. The SMILES string of the molecule is C[C@@]1(C2=NCCO2)c2ccccc2C[C@@H]2CCC[C@@H]21. The molecule has 0 radical (unpaired) electrons. The van der Waals surface area contributed by atoms with Gasteiger partial charge in [-0.1, -0.05) is 30.7 Å². The summed E-state index contributed by atoms with van der Waals surface area (Å²) < 4.78 is 5.91. The Hall–Kier alpha value is -1.31. The number of hydrogen-bond acceptors (Lipinski definition) is 2. The highest BCUT2D eigenvalue weighted by Gasteiger charge is 2.51. The van der Waals surface area contributed by atoms with Crippen molar-refractivity contribution in [3.8, 4) is 0 Å². The molecule has 3 aliphatic rings. The van der Waals surface area contributed by atoms with Gasteiger partial charge < -0.3 is 4.74 Å². The van der Waals surface area contributed by atoms with Crippen LogP contribution in [-0.2, 0) is 16.6 Å². The van der Waals surface area contributed by atoms with Crippen LogP contribution in [0.3, 0.4) is 0 Å². The van der Waals surface area contributed by atoms with Crippen LogP contribution in [0.15, 0.2) is 29.3 Å². The summed E-state index contributed by atoms with van der Waals surface area (Å²) in [6, 6.07) is 8.94. The number of ether oxygens (including phenoxy) is 1. The maximum Gasteiger partial charge on any atom is 0.194 e. The van der Waals surface area contributed by atoms with Crippen LogP contribution in [0, 0.1) is 11.8 Å². The zero-order chi connectivity index (χ0) is 12.9. The molecule has 2 nitrogen and oxygen atoms in total.